The third-order valence-corrected chi connectivity index (χ3v) is 3.48. The highest BCUT2D eigenvalue weighted by atomic mass is 16.5. The molecule has 3 aromatic rings. The first kappa shape index (κ1) is 14.8. The van der Waals surface area contributed by atoms with E-state index < -0.39 is 11.2 Å². The van der Waals surface area contributed by atoms with E-state index in [1.807, 2.05) is 6.07 Å². The van der Waals surface area contributed by atoms with Crippen LogP contribution in [0.1, 0.15) is 0 Å². The van der Waals surface area contributed by atoms with Gasteiger partial charge in [0.15, 0.2) is 17.1 Å². The Morgan fingerprint density at radius 3 is 2.22 bits per heavy atom. The molecule has 0 aliphatic heterocycles. The second-order valence-electron chi connectivity index (χ2n) is 4.81. The van der Waals surface area contributed by atoms with Gasteiger partial charge in [-0.2, -0.15) is 0 Å². The summed E-state index contributed by atoms with van der Waals surface area (Å²) in [5, 5.41) is 19.8. The number of rotatable bonds is 3. The molecule has 1 heterocycles. The molecule has 1 aromatic heterocycles. The lowest BCUT2D eigenvalue weighted by Gasteiger charge is -2.12. The highest BCUT2D eigenvalue weighted by Gasteiger charge is 2.23. The quantitative estimate of drug-likeness (QED) is 0.772. The lowest BCUT2D eigenvalue weighted by molar-refractivity contribution is 0.363. The Bertz CT molecular complexity index is 927. The van der Waals surface area contributed by atoms with Crippen molar-refractivity contribution in [1.82, 2.24) is 0 Å². The van der Waals surface area contributed by atoms with Gasteiger partial charge >= 0.3 is 0 Å². The first-order valence-electron chi connectivity index (χ1n) is 6.77. The van der Waals surface area contributed by atoms with Gasteiger partial charge in [0, 0.05) is 11.6 Å². The molecule has 2 aromatic carbocycles. The zero-order valence-electron chi connectivity index (χ0n) is 12.5. The molecule has 0 unspecified atom stereocenters. The fraction of sp³-hybridized carbons (Fsp3) is 0.118. The second kappa shape index (κ2) is 5.57. The van der Waals surface area contributed by atoms with Crippen LogP contribution in [-0.2, 0) is 0 Å². The predicted molar refractivity (Wildman–Crippen MR) is 84.4 cm³/mol. The summed E-state index contributed by atoms with van der Waals surface area (Å²) in [5.41, 5.74) is 0.0197. The Balaban J connectivity index is 2.50. The summed E-state index contributed by atoms with van der Waals surface area (Å²) >= 11 is 0. The van der Waals surface area contributed by atoms with Gasteiger partial charge in [0.1, 0.15) is 11.1 Å². The fourth-order valence-corrected chi connectivity index (χ4v) is 2.46. The Morgan fingerprint density at radius 1 is 0.957 bits per heavy atom. The van der Waals surface area contributed by atoms with E-state index in [0.717, 1.165) is 6.07 Å². The SMILES string of the molecule is COc1c(-c2ccccc2)oc2c(OC)c(O)cc(O)c2c1=O. The van der Waals surface area contributed by atoms with E-state index in [1.54, 1.807) is 24.3 Å². The minimum absolute atomic E-state index is 0.0327. The Morgan fingerprint density at radius 2 is 1.61 bits per heavy atom. The summed E-state index contributed by atoms with van der Waals surface area (Å²) in [6.07, 6.45) is 0. The molecule has 0 atom stereocenters. The number of hydrogen-bond acceptors (Lipinski definition) is 6. The van der Waals surface area contributed by atoms with Gasteiger partial charge in [0.05, 0.1) is 14.2 Å². The average molecular weight is 314 g/mol. The summed E-state index contributed by atoms with van der Waals surface area (Å²) in [5.74, 6) is -0.620. The molecule has 23 heavy (non-hydrogen) atoms. The largest absolute Gasteiger partial charge is 0.507 e. The van der Waals surface area contributed by atoms with E-state index in [2.05, 4.69) is 0 Å². The smallest absolute Gasteiger partial charge is 0.239 e. The van der Waals surface area contributed by atoms with Crippen LogP contribution in [0.3, 0.4) is 0 Å². The number of ether oxygens (including phenoxy) is 2. The molecule has 0 radical (unpaired) electrons. The van der Waals surface area contributed by atoms with Crippen molar-refractivity contribution in [2.75, 3.05) is 14.2 Å². The molecule has 0 saturated heterocycles. The van der Waals surface area contributed by atoms with Gasteiger partial charge in [-0.15, -0.1) is 0 Å². The Labute approximate surface area is 131 Å². The number of benzene rings is 2. The van der Waals surface area contributed by atoms with E-state index in [-0.39, 0.29) is 34.0 Å². The van der Waals surface area contributed by atoms with Crippen molar-refractivity contribution >= 4 is 11.0 Å². The van der Waals surface area contributed by atoms with Crippen molar-refractivity contribution in [3.05, 3.63) is 46.6 Å². The average Bonchev–Trinajstić information content (AvgIpc) is 2.55. The molecule has 0 aliphatic rings. The Kier molecular flexibility index (Phi) is 3.57. The van der Waals surface area contributed by atoms with Gasteiger partial charge in [0.2, 0.25) is 16.9 Å². The van der Waals surface area contributed by atoms with Crippen LogP contribution in [0.15, 0.2) is 45.6 Å². The van der Waals surface area contributed by atoms with Crippen molar-refractivity contribution in [3.63, 3.8) is 0 Å². The minimum atomic E-state index is -0.552. The van der Waals surface area contributed by atoms with Crippen molar-refractivity contribution in [1.29, 1.82) is 0 Å². The van der Waals surface area contributed by atoms with E-state index in [9.17, 15) is 15.0 Å². The number of fused-ring (bicyclic) bond motifs is 1. The molecule has 0 spiro atoms. The molecule has 2 N–H and O–H groups in total. The van der Waals surface area contributed by atoms with Gasteiger partial charge in [0.25, 0.3) is 0 Å². The number of phenols is 2. The maximum atomic E-state index is 12.7. The van der Waals surface area contributed by atoms with Crippen LogP contribution in [0.4, 0.5) is 0 Å². The monoisotopic (exact) mass is 314 g/mol. The highest BCUT2D eigenvalue weighted by Crippen LogP contribution is 2.42. The van der Waals surface area contributed by atoms with Crippen LogP contribution in [-0.4, -0.2) is 24.4 Å². The molecule has 118 valence electrons. The summed E-state index contributed by atoms with van der Waals surface area (Å²) in [6, 6.07) is 9.93. The van der Waals surface area contributed by atoms with E-state index in [0.29, 0.717) is 5.56 Å². The molecular formula is C17H14O6. The summed E-state index contributed by atoms with van der Waals surface area (Å²) in [6.45, 7) is 0. The van der Waals surface area contributed by atoms with Gasteiger partial charge < -0.3 is 24.1 Å². The van der Waals surface area contributed by atoms with E-state index in [4.69, 9.17) is 13.9 Å². The lowest BCUT2D eigenvalue weighted by atomic mass is 10.1. The molecule has 3 rings (SSSR count). The number of phenolic OH excluding ortho intramolecular Hbond substituents is 2. The third-order valence-electron chi connectivity index (χ3n) is 3.48. The summed E-state index contributed by atoms with van der Waals surface area (Å²) in [4.78, 5) is 12.7. The number of hydrogen-bond donors (Lipinski definition) is 2. The highest BCUT2D eigenvalue weighted by molar-refractivity contribution is 5.93. The Hall–Kier alpha value is -3.15. The summed E-state index contributed by atoms with van der Waals surface area (Å²) in [7, 11) is 2.68. The zero-order valence-corrected chi connectivity index (χ0v) is 12.5. The van der Waals surface area contributed by atoms with Crippen LogP contribution in [0.5, 0.6) is 23.0 Å². The molecular weight excluding hydrogens is 300 g/mol. The van der Waals surface area contributed by atoms with Crippen LogP contribution < -0.4 is 14.9 Å². The molecule has 0 bridgehead atoms. The normalized spacial score (nSPS) is 10.7. The molecule has 0 aliphatic carbocycles. The zero-order chi connectivity index (χ0) is 16.6. The maximum absolute atomic E-state index is 12.7. The van der Waals surface area contributed by atoms with E-state index in [1.165, 1.54) is 14.2 Å². The first-order valence-corrected chi connectivity index (χ1v) is 6.77. The maximum Gasteiger partial charge on any atom is 0.239 e. The first-order chi connectivity index (χ1) is 11.1. The van der Waals surface area contributed by atoms with Gasteiger partial charge in [-0.05, 0) is 0 Å². The number of aromatic hydroxyl groups is 2. The topological polar surface area (TPSA) is 89.1 Å². The molecule has 6 heteroatoms. The van der Waals surface area contributed by atoms with Crippen molar-refractivity contribution in [3.8, 4) is 34.3 Å². The predicted octanol–water partition coefficient (Wildman–Crippen LogP) is 2.89. The molecule has 0 amide bonds. The molecule has 0 fully saturated rings. The van der Waals surface area contributed by atoms with Gasteiger partial charge in [-0.25, -0.2) is 0 Å². The van der Waals surface area contributed by atoms with E-state index >= 15 is 0 Å². The van der Waals surface area contributed by atoms with Gasteiger partial charge in [-0.1, -0.05) is 30.3 Å². The molecule has 0 saturated carbocycles. The van der Waals surface area contributed by atoms with Crippen molar-refractivity contribution < 1.29 is 24.1 Å². The summed E-state index contributed by atoms with van der Waals surface area (Å²) < 4.78 is 16.0. The van der Waals surface area contributed by atoms with Crippen LogP contribution >= 0.6 is 0 Å². The van der Waals surface area contributed by atoms with Crippen LogP contribution in [0.2, 0.25) is 0 Å². The fourth-order valence-electron chi connectivity index (χ4n) is 2.46. The second-order valence-corrected chi connectivity index (χ2v) is 4.81. The minimum Gasteiger partial charge on any atom is -0.507 e. The third kappa shape index (κ3) is 2.24. The standard InChI is InChI=1S/C17H14O6/c1-21-15-11(19)8-10(18)12-13(20)17(22-2)14(23-16(12)15)9-6-4-3-5-7-9/h3-8,18-19H,1-2H3. The van der Waals surface area contributed by atoms with Crippen LogP contribution in [0, 0.1) is 0 Å². The van der Waals surface area contributed by atoms with Crippen molar-refractivity contribution in [2.45, 2.75) is 0 Å². The van der Waals surface area contributed by atoms with Gasteiger partial charge in [-0.3, -0.25) is 4.79 Å². The van der Waals surface area contributed by atoms with Crippen molar-refractivity contribution in [2.24, 2.45) is 0 Å². The molecule has 6 nitrogen and oxygen atoms in total. The number of methoxy groups -OCH3 is 2. The van der Waals surface area contributed by atoms with Crippen LogP contribution in [0.25, 0.3) is 22.3 Å². The lowest BCUT2D eigenvalue weighted by Crippen LogP contribution is -2.08.